The van der Waals surface area contributed by atoms with Gasteiger partial charge >= 0.3 is 12.1 Å². The molecule has 1 amide bonds. The number of alkyl halides is 3. The maximum Gasteiger partial charge on any atom is 0.490 e. The molecule has 2 aromatic rings. The molecule has 1 aromatic heterocycles. The highest BCUT2D eigenvalue weighted by atomic mass is 19.4. The van der Waals surface area contributed by atoms with E-state index in [9.17, 15) is 18.0 Å². The second kappa shape index (κ2) is 12.7. The summed E-state index contributed by atoms with van der Waals surface area (Å²) in [4.78, 5) is 31.6. The predicted molar refractivity (Wildman–Crippen MR) is 127 cm³/mol. The number of aromatic nitrogens is 2. The first-order chi connectivity index (χ1) is 16.5. The van der Waals surface area contributed by atoms with E-state index in [1.807, 2.05) is 17.3 Å². The molecule has 2 heterocycles. The first-order valence-corrected chi connectivity index (χ1v) is 11.9. The molecule has 194 valence electrons. The molecule has 35 heavy (non-hydrogen) atoms. The molecule has 1 unspecified atom stereocenters. The van der Waals surface area contributed by atoms with E-state index in [0.717, 1.165) is 56.8 Å². The Hall–Kier alpha value is -2.88. The van der Waals surface area contributed by atoms with Gasteiger partial charge in [0.1, 0.15) is 6.04 Å². The molecule has 0 radical (unpaired) electrons. The molecule has 1 aliphatic rings. The Bertz CT molecular complexity index is 961. The predicted octanol–water partition coefficient (Wildman–Crippen LogP) is 4.85. The standard InChI is InChI=1S/C23H34N4O.C2HF3O2/c1-5-7-14-25(6-2)23(28)22-21-20(24-17-27(21)18(3)4)13-15-26(22)16-19-11-9-8-10-12-19;3-2(4,5)1(6)7/h8-12,17-18,22H,5-7,13-16H2,1-4H3;(H,6,7). The molecule has 1 aliphatic heterocycles. The summed E-state index contributed by atoms with van der Waals surface area (Å²) in [6.07, 6.45) is -0.130. The van der Waals surface area contributed by atoms with Gasteiger partial charge in [0, 0.05) is 38.6 Å². The minimum atomic E-state index is -5.08. The van der Waals surface area contributed by atoms with Crippen LogP contribution in [0, 0.1) is 0 Å². The number of carboxylic acid groups (broad SMARTS) is 1. The molecule has 0 bridgehead atoms. The van der Waals surface area contributed by atoms with Crippen LogP contribution in [-0.2, 0) is 22.6 Å². The maximum atomic E-state index is 13.7. The lowest BCUT2D eigenvalue weighted by Crippen LogP contribution is -2.47. The summed E-state index contributed by atoms with van der Waals surface area (Å²) in [6, 6.07) is 10.5. The van der Waals surface area contributed by atoms with Crippen LogP contribution < -0.4 is 0 Å². The monoisotopic (exact) mass is 496 g/mol. The summed E-state index contributed by atoms with van der Waals surface area (Å²) in [6.45, 7) is 11.8. The van der Waals surface area contributed by atoms with Crippen molar-refractivity contribution in [1.82, 2.24) is 19.4 Å². The molecule has 7 nitrogen and oxygen atoms in total. The topological polar surface area (TPSA) is 78.7 Å². The number of nitrogens with zero attached hydrogens (tertiary/aromatic N) is 4. The number of rotatable bonds is 8. The van der Waals surface area contributed by atoms with Gasteiger partial charge < -0.3 is 14.6 Å². The molecule has 1 aromatic carbocycles. The average molecular weight is 497 g/mol. The summed E-state index contributed by atoms with van der Waals surface area (Å²) in [5.74, 6) is -2.54. The van der Waals surface area contributed by atoms with E-state index in [2.05, 4.69) is 66.4 Å². The van der Waals surface area contributed by atoms with E-state index in [1.54, 1.807) is 0 Å². The summed E-state index contributed by atoms with van der Waals surface area (Å²) < 4.78 is 33.9. The molecule has 3 rings (SSSR count). The second-order valence-corrected chi connectivity index (χ2v) is 8.76. The second-order valence-electron chi connectivity index (χ2n) is 8.76. The van der Waals surface area contributed by atoms with Gasteiger partial charge in [0.25, 0.3) is 0 Å². The van der Waals surface area contributed by atoms with Crippen molar-refractivity contribution in [3.8, 4) is 0 Å². The molecule has 10 heteroatoms. The van der Waals surface area contributed by atoms with E-state index in [-0.39, 0.29) is 18.0 Å². The lowest BCUT2D eigenvalue weighted by molar-refractivity contribution is -0.192. The van der Waals surface area contributed by atoms with Crippen molar-refractivity contribution in [2.75, 3.05) is 19.6 Å². The van der Waals surface area contributed by atoms with Crippen LogP contribution in [0.4, 0.5) is 13.2 Å². The van der Waals surface area contributed by atoms with Crippen molar-refractivity contribution in [1.29, 1.82) is 0 Å². The SMILES string of the molecule is CCCCN(CC)C(=O)C1c2c(ncn2C(C)C)CCN1Cc1ccccc1.O=C(O)C(F)(F)F. The normalized spacial score (nSPS) is 15.8. The van der Waals surface area contributed by atoms with Crippen LogP contribution in [0.1, 0.15) is 69.6 Å². The molecule has 1 N–H and O–H groups in total. The van der Waals surface area contributed by atoms with Crippen LogP contribution in [0.15, 0.2) is 36.7 Å². The van der Waals surface area contributed by atoms with E-state index in [1.165, 1.54) is 5.56 Å². The van der Waals surface area contributed by atoms with Crippen molar-refractivity contribution < 1.29 is 27.9 Å². The minimum Gasteiger partial charge on any atom is -0.475 e. The number of likely N-dealkylation sites (N-methyl/N-ethyl adjacent to an activating group) is 1. The number of carboxylic acids is 1. The quantitative estimate of drug-likeness (QED) is 0.566. The van der Waals surface area contributed by atoms with Crippen LogP contribution in [0.2, 0.25) is 0 Å². The fraction of sp³-hybridized carbons (Fsp3) is 0.560. The molecule has 0 saturated heterocycles. The fourth-order valence-corrected chi connectivity index (χ4v) is 4.07. The number of amides is 1. The third kappa shape index (κ3) is 7.55. The molecule has 1 atom stereocenters. The number of unbranched alkanes of at least 4 members (excludes halogenated alkanes) is 1. The third-order valence-corrected chi connectivity index (χ3v) is 5.91. The number of aliphatic carboxylic acids is 1. The Morgan fingerprint density at radius 2 is 1.83 bits per heavy atom. The van der Waals surface area contributed by atoms with Crippen molar-refractivity contribution in [2.24, 2.45) is 0 Å². The van der Waals surface area contributed by atoms with Gasteiger partial charge in [-0.1, -0.05) is 43.7 Å². The van der Waals surface area contributed by atoms with Gasteiger partial charge in [-0.25, -0.2) is 9.78 Å². The van der Waals surface area contributed by atoms with Crippen molar-refractivity contribution in [2.45, 2.75) is 71.8 Å². The van der Waals surface area contributed by atoms with E-state index < -0.39 is 12.1 Å². The largest absolute Gasteiger partial charge is 0.490 e. The number of hydrogen-bond donors (Lipinski definition) is 1. The first-order valence-electron chi connectivity index (χ1n) is 11.9. The van der Waals surface area contributed by atoms with Crippen LogP contribution in [0.3, 0.4) is 0 Å². The summed E-state index contributed by atoms with van der Waals surface area (Å²) in [5, 5.41) is 7.12. The van der Waals surface area contributed by atoms with Gasteiger partial charge in [-0.3, -0.25) is 9.69 Å². The maximum absolute atomic E-state index is 13.7. The number of fused-ring (bicyclic) bond motifs is 1. The molecule has 0 saturated carbocycles. The summed E-state index contributed by atoms with van der Waals surface area (Å²) >= 11 is 0. The van der Waals surface area contributed by atoms with Crippen LogP contribution in [0.25, 0.3) is 0 Å². The third-order valence-electron chi connectivity index (χ3n) is 5.91. The molecule has 0 aliphatic carbocycles. The van der Waals surface area contributed by atoms with Gasteiger partial charge in [-0.15, -0.1) is 0 Å². The number of benzene rings is 1. The Morgan fingerprint density at radius 3 is 2.34 bits per heavy atom. The van der Waals surface area contributed by atoms with Crippen molar-refractivity contribution in [3.05, 3.63) is 53.6 Å². The van der Waals surface area contributed by atoms with Gasteiger partial charge in [0.05, 0.1) is 17.7 Å². The lowest BCUT2D eigenvalue weighted by atomic mass is 9.99. The van der Waals surface area contributed by atoms with Gasteiger partial charge in [0.15, 0.2) is 0 Å². The van der Waals surface area contributed by atoms with Crippen LogP contribution in [0.5, 0.6) is 0 Å². The summed E-state index contributed by atoms with van der Waals surface area (Å²) in [5.41, 5.74) is 3.43. The minimum absolute atomic E-state index is 0.218. The average Bonchev–Trinajstić information content (AvgIpc) is 3.24. The fourth-order valence-electron chi connectivity index (χ4n) is 4.07. The highest BCUT2D eigenvalue weighted by Crippen LogP contribution is 2.34. The smallest absolute Gasteiger partial charge is 0.475 e. The number of hydrogen-bond acceptors (Lipinski definition) is 4. The Morgan fingerprint density at radius 1 is 1.20 bits per heavy atom. The summed E-state index contributed by atoms with van der Waals surface area (Å²) in [7, 11) is 0. The van der Waals surface area contributed by atoms with Gasteiger partial charge in [-0.05, 0) is 32.8 Å². The molecule has 0 fully saturated rings. The molecule has 0 spiro atoms. The van der Waals surface area contributed by atoms with E-state index >= 15 is 0 Å². The number of halogens is 3. The zero-order valence-electron chi connectivity index (χ0n) is 20.8. The Balaban J connectivity index is 0.000000540. The van der Waals surface area contributed by atoms with Gasteiger partial charge in [0.2, 0.25) is 5.91 Å². The first kappa shape index (κ1) is 28.4. The number of carbonyl (C=O) groups is 2. The van der Waals surface area contributed by atoms with Gasteiger partial charge in [-0.2, -0.15) is 13.2 Å². The Kier molecular flexibility index (Phi) is 10.3. The van der Waals surface area contributed by atoms with Crippen molar-refractivity contribution in [3.63, 3.8) is 0 Å². The van der Waals surface area contributed by atoms with Crippen LogP contribution in [-0.4, -0.2) is 62.1 Å². The van der Waals surface area contributed by atoms with E-state index in [4.69, 9.17) is 9.90 Å². The number of imidazole rings is 1. The highest BCUT2D eigenvalue weighted by molar-refractivity contribution is 5.83. The number of carbonyl (C=O) groups excluding carboxylic acids is 1. The van der Waals surface area contributed by atoms with Crippen molar-refractivity contribution >= 4 is 11.9 Å². The Labute approximate surface area is 204 Å². The lowest BCUT2D eigenvalue weighted by Gasteiger charge is -2.38. The highest BCUT2D eigenvalue weighted by Gasteiger charge is 2.39. The van der Waals surface area contributed by atoms with E-state index in [0.29, 0.717) is 0 Å². The zero-order valence-corrected chi connectivity index (χ0v) is 20.8. The molecular formula is C25H35F3N4O3. The van der Waals surface area contributed by atoms with Crippen LogP contribution >= 0.6 is 0 Å². The molecular weight excluding hydrogens is 461 g/mol. The zero-order chi connectivity index (χ0) is 26.2.